The fourth-order valence-corrected chi connectivity index (χ4v) is 2.51. The summed E-state index contributed by atoms with van der Waals surface area (Å²) in [6.45, 7) is 3.64. The molecule has 2 aromatic rings. The molecular weight excluding hydrogens is 290 g/mol. The molecule has 0 amide bonds. The lowest BCUT2D eigenvalue weighted by Gasteiger charge is -2.15. The molecule has 124 valence electrons. The van der Waals surface area contributed by atoms with Gasteiger partial charge in [0, 0.05) is 30.4 Å². The number of H-pyrrole nitrogens is 1. The van der Waals surface area contributed by atoms with Crippen LogP contribution in [0.25, 0.3) is 11.4 Å². The summed E-state index contributed by atoms with van der Waals surface area (Å²) in [7, 11) is 1.97. The summed E-state index contributed by atoms with van der Waals surface area (Å²) >= 11 is 0. The van der Waals surface area contributed by atoms with Gasteiger partial charge in [-0.2, -0.15) is 0 Å². The van der Waals surface area contributed by atoms with Crippen molar-refractivity contribution in [2.24, 2.45) is 0 Å². The van der Waals surface area contributed by atoms with E-state index in [1.54, 1.807) is 6.07 Å². The van der Waals surface area contributed by atoms with Gasteiger partial charge in [0.1, 0.15) is 5.82 Å². The van der Waals surface area contributed by atoms with E-state index in [4.69, 9.17) is 5.11 Å². The minimum atomic E-state index is -0.107. The van der Waals surface area contributed by atoms with Gasteiger partial charge in [-0.15, -0.1) is 0 Å². The maximum atomic E-state index is 11.9. The summed E-state index contributed by atoms with van der Waals surface area (Å²) in [5, 5.41) is 8.99. The second-order valence-electron chi connectivity index (χ2n) is 5.85. The molecule has 0 spiro atoms. The molecule has 1 aromatic heterocycles. The Hall–Kier alpha value is -1.98. The molecule has 0 aliphatic rings. The van der Waals surface area contributed by atoms with Gasteiger partial charge in [-0.25, -0.2) is 4.98 Å². The molecule has 0 bridgehead atoms. The Morgan fingerprint density at radius 2 is 2.13 bits per heavy atom. The Labute approximate surface area is 137 Å². The van der Waals surface area contributed by atoms with Crippen molar-refractivity contribution in [1.29, 1.82) is 0 Å². The van der Waals surface area contributed by atoms with Gasteiger partial charge >= 0.3 is 0 Å². The van der Waals surface area contributed by atoms with Crippen molar-refractivity contribution in [2.45, 2.75) is 32.7 Å². The largest absolute Gasteiger partial charge is 0.395 e. The van der Waals surface area contributed by atoms with Crippen molar-refractivity contribution in [2.75, 3.05) is 20.2 Å². The lowest BCUT2D eigenvalue weighted by molar-refractivity contribution is 0.217. The van der Waals surface area contributed by atoms with Crippen LogP contribution in [-0.2, 0) is 13.0 Å². The van der Waals surface area contributed by atoms with E-state index in [0.717, 1.165) is 42.6 Å². The maximum absolute atomic E-state index is 11.9. The van der Waals surface area contributed by atoms with Gasteiger partial charge in [-0.3, -0.25) is 9.69 Å². The van der Waals surface area contributed by atoms with Gasteiger partial charge < -0.3 is 10.1 Å². The standard InChI is InChI=1S/C18H25N3O2/c1-3-4-8-16-12-17(23)20-18(19-16)15-7-5-6-14(11-15)13-21(2)9-10-22/h5-7,11-12,22H,3-4,8-10,13H2,1-2H3,(H,19,20,23). The van der Waals surface area contributed by atoms with Crippen LogP contribution in [0, 0.1) is 0 Å². The highest BCUT2D eigenvalue weighted by molar-refractivity contribution is 5.56. The van der Waals surface area contributed by atoms with E-state index in [1.165, 1.54) is 0 Å². The number of aromatic nitrogens is 2. The van der Waals surface area contributed by atoms with Crippen LogP contribution in [0.3, 0.4) is 0 Å². The summed E-state index contributed by atoms with van der Waals surface area (Å²) < 4.78 is 0. The van der Waals surface area contributed by atoms with E-state index >= 15 is 0 Å². The van der Waals surface area contributed by atoms with Crippen LogP contribution in [0.2, 0.25) is 0 Å². The number of rotatable bonds is 8. The molecule has 5 heteroatoms. The first-order chi connectivity index (χ1) is 11.1. The number of hydrogen-bond acceptors (Lipinski definition) is 4. The first-order valence-electron chi connectivity index (χ1n) is 8.11. The first-order valence-corrected chi connectivity index (χ1v) is 8.11. The number of benzene rings is 1. The number of likely N-dealkylation sites (N-methyl/N-ethyl adjacent to an activating group) is 1. The van der Waals surface area contributed by atoms with Crippen molar-refractivity contribution in [3.8, 4) is 11.4 Å². The van der Waals surface area contributed by atoms with Crippen molar-refractivity contribution in [3.63, 3.8) is 0 Å². The number of aliphatic hydroxyl groups is 1. The van der Waals surface area contributed by atoms with E-state index in [9.17, 15) is 4.79 Å². The Morgan fingerprint density at radius 3 is 2.87 bits per heavy atom. The van der Waals surface area contributed by atoms with Gasteiger partial charge in [0.15, 0.2) is 0 Å². The van der Waals surface area contributed by atoms with Crippen LogP contribution < -0.4 is 5.56 Å². The Morgan fingerprint density at radius 1 is 1.30 bits per heavy atom. The van der Waals surface area contributed by atoms with Crippen molar-refractivity contribution in [3.05, 3.63) is 51.9 Å². The third-order valence-electron chi connectivity index (χ3n) is 3.72. The van der Waals surface area contributed by atoms with Gasteiger partial charge in [0.2, 0.25) is 0 Å². The van der Waals surface area contributed by atoms with Crippen LogP contribution in [0.4, 0.5) is 0 Å². The summed E-state index contributed by atoms with van der Waals surface area (Å²) in [5.74, 6) is 0.621. The van der Waals surface area contributed by atoms with Crippen LogP contribution in [0.1, 0.15) is 31.0 Å². The van der Waals surface area contributed by atoms with Gasteiger partial charge in [0.05, 0.1) is 6.61 Å². The van der Waals surface area contributed by atoms with Crippen LogP contribution in [0.15, 0.2) is 35.1 Å². The molecule has 0 aliphatic heterocycles. The molecule has 0 aliphatic carbocycles. The molecule has 0 radical (unpaired) electrons. The highest BCUT2D eigenvalue weighted by Gasteiger charge is 2.06. The number of aryl methyl sites for hydroxylation is 1. The number of unbranched alkanes of at least 4 members (excludes halogenated alkanes) is 1. The number of hydrogen-bond donors (Lipinski definition) is 2. The number of nitrogens with one attached hydrogen (secondary N) is 1. The van der Waals surface area contributed by atoms with Crippen LogP contribution in [0.5, 0.6) is 0 Å². The fraction of sp³-hybridized carbons (Fsp3) is 0.444. The van der Waals surface area contributed by atoms with Crippen molar-refractivity contribution in [1.82, 2.24) is 14.9 Å². The minimum Gasteiger partial charge on any atom is -0.395 e. The SMILES string of the molecule is CCCCc1cc(=O)[nH]c(-c2cccc(CN(C)CCO)c2)n1. The highest BCUT2D eigenvalue weighted by Crippen LogP contribution is 2.17. The normalized spacial score (nSPS) is 11.1. The molecule has 0 atom stereocenters. The Balaban J connectivity index is 2.24. The van der Waals surface area contributed by atoms with E-state index in [1.807, 2.05) is 36.2 Å². The molecular formula is C18H25N3O2. The zero-order valence-corrected chi connectivity index (χ0v) is 13.9. The smallest absolute Gasteiger partial charge is 0.251 e. The monoisotopic (exact) mass is 315 g/mol. The third kappa shape index (κ3) is 5.30. The average Bonchev–Trinajstić information content (AvgIpc) is 2.53. The topological polar surface area (TPSA) is 69.2 Å². The number of aliphatic hydroxyl groups excluding tert-OH is 1. The second kappa shape index (κ2) is 8.60. The Bertz CT molecular complexity index is 682. The quantitative estimate of drug-likeness (QED) is 0.783. The summed E-state index contributed by atoms with van der Waals surface area (Å²) in [6.07, 6.45) is 2.94. The first kappa shape index (κ1) is 17.4. The molecule has 0 fully saturated rings. The van der Waals surface area contributed by atoms with E-state index < -0.39 is 0 Å². The predicted molar refractivity (Wildman–Crippen MR) is 92.3 cm³/mol. The van der Waals surface area contributed by atoms with Crippen LogP contribution in [-0.4, -0.2) is 40.2 Å². The lowest BCUT2D eigenvalue weighted by atomic mass is 10.1. The number of aromatic amines is 1. The molecule has 1 heterocycles. The predicted octanol–water partition coefficient (Wildman–Crippen LogP) is 2.20. The number of nitrogens with zero attached hydrogens (tertiary/aromatic N) is 2. The van der Waals surface area contributed by atoms with Crippen LogP contribution >= 0.6 is 0 Å². The molecule has 2 N–H and O–H groups in total. The second-order valence-corrected chi connectivity index (χ2v) is 5.85. The fourth-order valence-electron chi connectivity index (χ4n) is 2.51. The van der Waals surface area contributed by atoms with Gasteiger partial charge in [-0.05, 0) is 31.5 Å². The average molecular weight is 315 g/mol. The molecule has 5 nitrogen and oxygen atoms in total. The zero-order valence-electron chi connectivity index (χ0n) is 13.9. The van der Waals surface area contributed by atoms with E-state index in [2.05, 4.69) is 16.9 Å². The lowest BCUT2D eigenvalue weighted by Crippen LogP contribution is -2.21. The highest BCUT2D eigenvalue weighted by atomic mass is 16.3. The van der Waals surface area contributed by atoms with Crippen molar-refractivity contribution >= 4 is 0 Å². The van der Waals surface area contributed by atoms with E-state index in [-0.39, 0.29) is 12.2 Å². The molecule has 0 saturated carbocycles. The Kier molecular flexibility index (Phi) is 6.50. The van der Waals surface area contributed by atoms with Gasteiger partial charge in [-0.1, -0.05) is 31.5 Å². The summed E-state index contributed by atoms with van der Waals surface area (Å²) in [4.78, 5) is 21.3. The summed E-state index contributed by atoms with van der Waals surface area (Å²) in [6, 6.07) is 9.58. The van der Waals surface area contributed by atoms with Gasteiger partial charge in [0.25, 0.3) is 5.56 Å². The zero-order chi connectivity index (χ0) is 16.7. The minimum absolute atomic E-state index is 0.107. The summed E-state index contributed by atoms with van der Waals surface area (Å²) in [5.41, 5.74) is 2.77. The molecule has 1 aromatic carbocycles. The molecule has 2 rings (SSSR count). The third-order valence-corrected chi connectivity index (χ3v) is 3.72. The maximum Gasteiger partial charge on any atom is 0.251 e. The molecule has 0 saturated heterocycles. The van der Waals surface area contributed by atoms with E-state index in [0.29, 0.717) is 12.4 Å². The molecule has 23 heavy (non-hydrogen) atoms. The molecule has 0 unspecified atom stereocenters. The van der Waals surface area contributed by atoms with Crippen molar-refractivity contribution < 1.29 is 5.11 Å².